The minimum absolute atomic E-state index is 1.17. The molecule has 3 heteroatoms. The van der Waals surface area contributed by atoms with Crippen molar-refractivity contribution in [1.29, 1.82) is 0 Å². The highest BCUT2D eigenvalue weighted by Gasteiger charge is 2.10. The minimum atomic E-state index is 1.17. The summed E-state index contributed by atoms with van der Waals surface area (Å²) in [5.74, 6) is 0. The van der Waals surface area contributed by atoms with Gasteiger partial charge in [0.1, 0.15) is 0 Å². The van der Waals surface area contributed by atoms with E-state index in [-0.39, 0.29) is 0 Å². The van der Waals surface area contributed by atoms with Gasteiger partial charge in [-0.15, -0.1) is 0 Å². The van der Waals surface area contributed by atoms with E-state index in [0.29, 0.717) is 0 Å². The van der Waals surface area contributed by atoms with E-state index in [1.807, 2.05) is 7.55 Å². The van der Waals surface area contributed by atoms with Gasteiger partial charge < -0.3 is 10.5 Å². The highest BCUT2D eigenvalue weighted by atomic mass is 15.0. The molecule has 1 aliphatic heterocycles. The van der Waals surface area contributed by atoms with Gasteiger partial charge in [-0.1, -0.05) is 24.3 Å². The molecule has 13 heavy (non-hydrogen) atoms. The Balaban J connectivity index is 2.49. The second kappa shape index (κ2) is 2.42. The molecule has 0 amide bonds. The monoisotopic (exact) mass is 167 g/mol. The van der Waals surface area contributed by atoms with E-state index in [1.54, 1.807) is 0 Å². The first kappa shape index (κ1) is 6.84. The van der Waals surface area contributed by atoms with Crippen molar-refractivity contribution in [1.82, 2.24) is 0 Å². The third-order valence-corrected chi connectivity index (χ3v) is 2.36. The predicted molar refractivity (Wildman–Crippen MR) is 56.9 cm³/mol. The molecule has 0 bridgehead atoms. The van der Waals surface area contributed by atoms with Gasteiger partial charge in [0.2, 0.25) is 0 Å². The molecule has 2 aromatic carbocycles. The van der Waals surface area contributed by atoms with E-state index in [0.717, 1.165) is 0 Å². The number of anilines is 2. The minimum Gasteiger partial charge on any atom is -0.412 e. The van der Waals surface area contributed by atoms with Crippen molar-refractivity contribution in [3.63, 3.8) is 0 Å². The van der Waals surface area contributed by atoms with E-state index >= 15 is 0 Å². The Morgan fingerprint density at radius 3 is 2.08 bits per heavy atom. The van der Waals surface area contributed by atoms with E-state index < -0.39 is 0 Å². The van der Waals surface area contributed by atoms with Crippen molar-refractivity contribution in [3.05, 3.63) is 36.4 Å². The zero-order chi connectivity index (χ0) is 8.67. The summed E-state index contributed by atoms with van der Waals surface area (Å²) in [6, 6.07) is 12.5. The smallest absolute Gasteiger partial charge is 0.385 e. The fraction of sp³-hybridized carbons (Fsp3) is 0. The van der Waals surface area contributed by atoms with Gasteiger partial charge in [-0.2, -0.15) is 0 Å². The number of hydrogen-bond acceptors (Lipinski definition) is 2. The second-order valence-corrected chi connectivity index (χ2v) is 3.14. The highest BCUT2D eigenvalue weighted by molar-refractivity contribution is 6.48. The maximum Gasteiger partial charge on any atom is 0.385 e. The molecule has 0 fully saturated rings. The van der Waals surface area contributed by atoms with Crippen molar-refractivity contribution >= 4 is 29.7 Å². The van der Waals surface area contributed by atoms with Crippen LogP contribution in [-0.4, -0.2) is 7.55 Å². The number of nitrogens with one attached hydrogen (secondary N) is 2. The van der Waals surface area contributed by atoms with Gasteiger partial charge in [0, 0.05) is 16.8 Å². The van der Waals surface area contributed by atoms with Gasteiger partial charge in [0.05, 0.1) is 0 Å². The van der Waals surface area contributed by atoms with Gasteiger partial charge in [-0.25, -0.2) is 0 Å². The molecule has 0 aromatic heterocycles. The molecule has 2 N–H and O–H groups in total. The van der Waals surface area contributed by atoms with Crippen LogP contribution in [0.4, 0.5) is 11.4 Å². The van der Waals surface area contributed by atoms with Crippen LogP contribution in [0.2, 0.25) is 0 Å². The Kier molecular flexibility index (Phi) is 1.27. The normalized spacial score (nSPS) is 12.9. The summed E-state index contributed by atoms with van der Waals surface area (Å²) in [6.45, 7) is 0. The SMILES string of the molecule is [B]1Nc2cccc3cccc(c23)N1. The van der Waals surface area contributed by atoms with Crippen LogP contribution >= 0.6 is 0 Å². The molecule has 1 aliphatic rings. The van der Waals surface area contributed by atoms with Gasteiger partial charge in [0.15, 0.2) is 0 Å². The van der Waals surface area contributed by atoms with Crippen LogP contribution in [-0.2, 0) is 0 Å². The summed E-state index contributed by atoms with van der Waals surface area (Å²) in [7, 11) is 1.86. The average molecular weight is 167 g/mol. The first-order chi connectivity index (χ1) is 6.45. The van der Waals surface area contributed by atoms with Crippen LogP contribution in [0.1, 0.15) is 0 Å². The summed E-state index contributed by atoms with van der Waals surface area (Å²) < 4.78 is 0. The molecule has 0 atom stereocenters. The van der Waals surface area contributed by atoms with E-state index in [2.05, 4.69) is 46.9 Å². The molecular formula is C10H8BN2. The lowest BCUT2D eigenvalue weighted by Crippen LogP contribution is -2.21. The summed E-state index contributed by atoms with van der Waals surface area (Å²) in [5.41, 5.74) is 2.35. The first-order valence-electron chi connectivity index (χ1n) is 4.32. The molecule has 0 aliphatic carbocycles. The molecule has 0 spiro atoms. The third-order valence-electron chi connectivity index (χ3n) is 2.36. The standard InChI is InChI=1S/C10H8BN2/c1-3-7-4-2-6-9-10(7)8(5-1)12-11-13-9/h1-6,12-13H. The summed E-state index contributed by atoms with van der Waals surface area (Å²) >= 11 is 0. The fourth-order valence-electron chi connectivity index (χ4n) is 1.77. The maximum absolute atomic E-state index is 3.19. The zero-order valence-electron chi connectivity index (χ0n) is 7.04. The summed E-state index contributed by atoms with van der Waals surface area (Å²) in [5, 5.41) is 8.92. The van der Waals surface area contributed by atoms with Crippen molar-refractivity contribution in [2.45, 2.75) is 0 Å². The number of benzene rings is 2. The van der Waals surface area contributed by atoms with E-state index in [4.69, 9.17) is 0 Å². The lowest BCUT2D eigenvalue weighted by molar-refractivity contribution is 1.64. The third kappa shape index (κ3) is 0.901. The maximum atomic E-state index is 3.19. The summed E-state index contributed by atoms with van der Waals surface area (Å²) in [6.07, 6.45) is 0. The van der Waals surface area contributed by atoms with Crippen LogP contribution < -0.4 is 10.5 Å². The summed E-state index contributed by atoms with van der Waals surface area (Å²) in [4.78, 5) is 0. The molecule has 1 heterocycles. The predicted octanol–water partition coefficient (Wildman–Crippen LogP) is 2.21. The Bertz CT molecular complexity index is 429. The average Bonchev–Trinajstić information content (AvgIpc) is 2.19. The Labute approximate surface area is 77.2 Å². The largest absolute Gasteiger partial charge is 0.412 e. The van der Waals surface area contributed by atoms with Crippen molar-refractivity contribution in [2.24, 2.45) is 0 Å². The molecule has 0 unspecified atom stereocenters. The molecule has 0 saturated carbocycles. The molecule has 3 rings (SSSR count). The molecule has 1 radical (unpaired) electrons. The Morgan fingerprint density at radius 2 is 1.46 bits per heavy atom. The van der Waals surface area contributed by atoms with Crippen LogP contribution in [0.3, 0.4) is 0 Å². The lowest BCUT2D eigenvalue weighted by atomic mass is 9.98. The topological polar surface area (TPSA) is 24.1 Å². The quantitative estimate of drug-likeness (QED) is 0.587. The Morgan fingerprint density at radius 1 is 0.846 bits per heavy atom. The number of rotatable bonds is 0. The van der Waals surface area contributed by atoms with Gasteiger partial charge in [0.25, 0.3) is 0 Å². The second-order valence-electron chi connectivity index (χ2n) is 3.14. The Hall–Kier alpha value is -1.64. The molecule has 0 saturated heterocycles. The van der Waals surface area contributed by atoms with Gasteiger partial charge >= 0.3 is 7.55 Å². The molecule has 2 nitrogen and oxygen atoms in total. The lowest BCUT2D eigenvalue weighted by Gasteiger charge is -2.19. The van der Waals surface area contributed by atoms with Crippen LogP contribution in [0.5, 0.6) is 0 Å². The van der Waals surface area contributed by atoms with E-state index in [9.17, 15) is 0 Å². The van der Waals surface area contributed by atoms with Crippen LogP contribution in [0, 0.1) is 0 Å². The van der Waals surface area contributed by atoms with Gasteiger partial charge in [-0.05, 0) is 17.5 Å². The van der Waals surface area contributed by atoms with E-state index in [1.165, 1.54) is 22.1 Å². The number of hydrogen-bond donors (Lipinski definition) is 2. The van der Waals surface area contributed by atoms with Crippen molar-refractivity contribution in [3.8, 4) is 0 Å². The molecular weight excluding hydrogens is 159 g/mol. The fourth-order valence-corrected chi connectivity index (χ4v) is 1.77. The van der Waals surface area contributed by atoms with Crippen molar-refractivity contribution in [2.75, 3.05) is 10.5 Å². The van der Waals surface area contributed by atoms with Gasteiger partial charge in [-0.3, -0.25) is 0 Å². The highest BCUT2D eigenvalue weighted by Crippen LogP contribution is 2.32. The molecule has 2 aromatic rings. The molecule has 61 valence electrons. The van der Waals surface area contributed by atoms with Crippen molar-refractivity contribution < 1.29 is 0 Å². The zero-order valence-corrected chi connectivity index (χ0v) is 7.04. The van der Waals surface area contributed by atoms with Crippen LogP contribution in [0.15, 0.2) is 36.4 Å². The van der Waals surface area contributed by atoms with Crippen LogP contribution in [0.25, 0.3) is 10.8 Å². The first-order valence-corrected chi connectivity index (χ1v) is 4.32.